The summed E-state index contributed by atoms with van der Waals surface area (Å²) in [5.41, 5.74) is 1.03. The molecule has 0 bridgehead atoms. The zero-order valence-corrected chi connectivity index (χ0v) is 16.7. The second kappa shape index (κ2) is 8.29. The summed E-state index contributed by atoms with van der Waals surface area (Å²) >= 11 is 6.04. The molecule has 1 aliphatic rings. The van der Waals surface area contributed by atoms with Crippen molar-refractivity contribution >= 4 is 33.2 Å². The van der Waals surface area contributed by atoms with E-state index in [0.29, 0.717) is 31.2 Å². The minimum atomic E-state index is -3.67. The quantitative estimate of drug-likeness (QED) is 0.763. The van der Waals surface area contributed by atoms with Crippen molar-refractivity contribution in [2.45, 2.75) is 4.90 Å². The van der Waals surface area contributed by atoms with E-state index in [1.165, 1.54) is 19.2 Å². The monoisotopic (exact) mass is 407 g/mol. The average Bonchev–Trinajstić information content (AvgIpc) is 2.68. The third-order valence-corrected chi connectivity index (χ3v) is 6.67. The topological polar surface area (TPSA) is 60.9 Å². The van der Waals surface area contributed by atoms with Crippen molar-refractivity contribution in [2.75, 3.05) is 44.7 Å². The Balaban J connectivity index is 1.58. The largest absolute Gasteiger partial charge is 0.368 e. The highest BCUT2D eigenvalue weighted by Gasteiger charge is 2.27. The lowest BCUT2D eigenvalue weighted by Crippen LogP contribution is -2.51. The molecular formula is C19H22ClN3O3S. The summed E-state index contributed by atoms with van der Waals surface area (Å²) in [5, 5.41) is 0.679. The van der Waals surface area contributed by atoms with Crippen molar-refractivity contribution in [3.8, 4) is 0 Å². The highest BCUT2D eigenvalue weighted by Crippen LogP contribution is 2.21. The van der Waals surface area contributed by atoms with Crippen LogP contribution in [-0.2, 0) is 14.8 Å². The first kappa shape index (κ1) is 19.7. The van der Waals surface area contributed by atoms with Crippen LogP contribution < -0.4 is 4.90 Å². The van der Waals surface area contributed by atoms with Crippen LogP contribution in [0.2, 0.25) is 5.02 Å². The average molecular weight is 408 g/mol. The summed E-state index contributed by atoms with van der Waals surface area (Å²) in [5.74, 6) is -0.192. The Kier molecular flexibility index (Phi) is 6.04. The Bertz CT molecular complexity index is 897. The van der Waals surface area contributed by atoms with Crippen LogP contribution >= 0.6 is 11.6 Å². The van der Waals surface area contributed by atoms with Crippen molar-refractivity contribution in [3.63, 3.8) is 0 Å². The van der Waals surface area contributed by atoms with Crippen molar-refractivity contribution in [1.29, 1.82) is 0 Å². The molecule has 0 spiro atoms. The van der Waals surface area contributed by atoms with Crippen molar-refractivity contribution in [2.24, 2.45) is 0 Å². The van der Waals surface area contributed by atoms with Gasteiger partial charge in [0, 0.05) is 43.9 Å². The van der Waals surface area contributed by atoms with Crippen molar-refractivity contribution in [3.05, 3.63) is 59.6 Å². The molecule has 0 atom stereocenters. The summed E-state index contributed by atoms with van der Waals surface area (Å²) in [6.45, 7) is 2.28. The van der Waals surface area contributed by atoms with Gasteiger partial charge in [0.1, 0.15) is 0 Å². The van der Waals surface area contributed by atoms with E-state index in [4.69, 9.17) is 11.6 Å². The van der Waals surface area contributed by atoms with E-state index in [2.05, 4.69) is 4.90 Å². The molecule has 1 heterocycles. The zero-order chi connectivity index (χ0) is 19.4. The van der Waals surface area contributed by atoms with Crippen LogP contribution in [0.5, 0.6) is 0 Å². The fourth-order valence-electron chi connectivity index (χ4n) is 3.03. The van der Waals surface area contributed by atoms with E-state index in [1.807, 2.05) is 24.3 Å². The molecule has 0 radical (unpaired) electrons. The number of hydrogen-bond donors (Lipinski definition) is 0. The Morgan fingerprint density at radius 1 is 1.04 bits per heavy atom. The van der Waals surface area contributed by atoms with Crippen LogP contribution in [-0.4, -0.2) is 63.3 Å². The van der Waals surface area contributed by atoms with Gasteiger partial charge in [0.05, 0.1) is 11.4 Å². The van der Waals surface area contributed by atoms with Gasteiger partial charge < -0.3 is 9.80 Å². The van der Waals surface area contributed by atoms with Gasteiger partial charge in [0.15, 0.2) is 0 Å². The number of carbonyl (C=O) groups is 1. The maximum absolute atomic E-state index is 12.6. The van der Waals surface area contributed by atoms with E-state index in [-0.39, 0.29) is 17.3 Å². The minimum Gasteiger partial charge on any atom is -0.368 e. The van der Waals surface area contributed by atoms with Gasteiger partial charge in [-0.2, -0.15) is 4.31 Å². The standard InChI is InChI=1S/C19H22ClN3O3S/c1-21(27(25,26)18-8-3-2-4-9-18)15-19(24)23-12-10-22(11-13-23)17-7-5-6-16(20)14-17/h2-9,14H,10-13,15H2,1H3. The summed E-state index contributed by atoms with van der Waals surface area (Å²) < 4.78 is 26.2. The number of amides is 1. The molecule has 1 aliphatic heterocycles. The SMILES string of the molecule is CN(CC(=O)N1CCN(c2cccc(Cl)c2)CC1)S(=O)(=O)c1ccccc1. The minimum absolute atomic E-state index is 0.172. The molecule has 0 aliphatic carbocycles. The maximum atomic E-state index is 12.6. The molecular weight excluding hydrogens is 386 g/mol. The second-order valence-electron chi connectivity index (χ2n) is 6.42. The predicted molar refractivity (Wildman–Crippen MR) is 107 cm³/mol. The number of nitrogens with zero attached hydrogens (tertiary/aromatic N) is 3. The third-order valence-electron chi connectivity index (χ3n) is 4.62. The van der Waals surface area contributed by atoms with Gasteiger partial charge >= 0.3 is 0 Å². The molecule has 1 saturated heterocycles. The highest BCUT2D eigenvalue weighted by atomic mass is 35.5. The van der Waals surface area contributed by atoms with Gasteiger partial charge in [0.25, 0.3) is 0 Å². The number of hydrogen-bond acceptors (Lipinski definition) is 4. The number of rotatable bonds is 5. The molecule has 0 N–H and O–H groups in total. The summed E-state index contributed by atoms with van der Waals surface area (Å²) in [7, 11) is -2.24. The van der Waals surface area contributed by atoms with Crippen LogP contribution in [0.4, 0.5) is 5.69 Å². The van der Waals surface area contributed by atoms with Crippen molar-refractivity contribution < 1.29 is 13.2 Å². The molecule has 27 heavy (non-hydrogen) atoms. The van der Waals surface area contributed by atoms with E-state index in [0.717, 1.165) is 9.99 Å². The molecule has 2 aromatic carbocycles. The van der Waals surface area contributed by atoms with Crippen LogP contribution in [0.3, 0.4) is 0 Å². The van der Waals surface area contributed by atoms with Gasteiger partial charge in [-0.3, -0.25) is 4.79 Å². The maximum Gasteiger partial charge on any atom is 0.243 e. The normalized spacial score (nSPS) is 15.2. The second-order valence-corrected chi connectivity index (χ2v) is 8.90. The van der Waals surface area contributed by atoms with Gasteiger partial charge in [0.2, 0.25) is 15.9 Å². The van der Waals surface area contributed by atoms with Crippen LogP contribution in [0.15, 0.2) is 59.5 Å². The molecule has 1 fully saturated rings. The van der Waals surface area contributed by atoms with E-state index < -0.39 is 10.0 Å². The summed E-state index contributed by atoms with van der Waals surface area (Å²) in [6.07, 6.45) is 0. The fourth-order valence-corrected chi connectivity index (χ4v) is 4.36. The highest BCUT2D eigenvalue weighted by molar-refractivity contribution is 7.89. The Morgan fingerprint density at radius 3 is 2.33 bits per heavy atom. The lowest BCUT2D eigenvalue weighted by Gasteiger charge is -2.36. The van der Waals surface area contributed by atoms with E-state index in [1.54, 1.807) is 23.1 Å². The Morgan fingerprint density at radius 2 is 1.70 bits per heavy atom. The number of carbonyl (C=O) groups excluding carboxylic acids is 1. The Labute approximate surface area is 165 Å². The van der Waals surface area contributed by atoms with Gasteiger partial charge in [-0.05, 0) is 30.3 Å². The predicted octanol–water partition coefficient (Wildman–Crippen LogP) is 2.31. The molecule has 6 nitrogen and oxygen atoms in total. The van der Waals surface area contributed by atoms with Crippen LogP contribution in [0.25, 0.3) is 0 Å². The number of benzene rings is 2. The first-order valence-corrected chi connectivity index (χ1v) is 10.5. The lowest BCUT2D eigenvalue weighted by molar-refractivity contribution is -0.131. The summed E-state index contributed by atoms with van der Waals surface area (Å²) in [6, 6.07) is 15.8. The lowest BCUT2D eigenvalue weighted by atomic mass is 10.2. The van der Waals surface area contributed by atoms with Crippen molar-refractivity contribution in [1.82, 2.24) is 9.21 Å². The number of halogens is 1. The number of sulfonamides is 1. The Hall–Kier alpha value is -2.09. The molecule has 0 unspecified atom stereocenters. The molecule has 0 saturated carbocycles. The van der Waals surface area contributed by atoms with Crippen LogP contribution in [0, 0.1) is 0 Å². The van der Waals surface area contributed by atoms with Gasteiger partial charge in [-0.15, -0.1) is 0 Å². The fraction of sp³-hybridized carbons (Fsp3) is 0.316. The third kappa shape index (κ3) is 4.61. The van der Waals surface area contributed by atoms with Gasteiger partial charge in [-0.1, -0.05) is 35.9 Å². The molecule has 144 valence electrons. The molecule has 2 aromatic rings. The first-order chi connectivity index (χ1) is 12.9. The summed E-state index contributed by atoms with van der Waals surface area (Å²) in [4.78, 5) is 16.6. The molecule has 0 aromatic heterocycles. The molecule has 1 amide bonds. The first-order valence-electron chi connectivity index (χ1n) is 8.67. The van der Waals surface area contributed by atoms with Gasteiger partial charge in [-0.25, -0.2) is 8.42 Å². The van der Waals surface area contributed by atoms with Crippen LogP contribution in [0.1, 0.15) is 0 Å². The molecule has 8 heteroatoms. The number of anilines is 1. The number of likely N-dealkylation sites (N-methyl/N-ethyl adjacent to an activating group) is 1. The zero-order valence-electron chi connectivity index (χ0n) is 15.1. The van der Waals surface area contributed by atoms with E-state index >= 15 is 0 Å². The smallest absolute Gasteiger partial charge is 0.243 e. The number of piperazine rings is 1. The molecule has 3 rings (SSSR count). The van der Waals surface area contributed by atoms with E-state index in [9.17, 15) is 13.2 Å².